The Balaban J connectivity index is 1.19. The fraction of sp³-hybridized carbons (Fsp3) is 0.229. The summed E-state index contributed by atoms with van der Waals surface area (Å²) in [7, 11) is 0. The Hall–Kier alpha value is -4.55. The van der Waals surface area contributed by atoms with Crippen molar-refractivity contribution < 1.29 is 24.2 Å². The molecule has 0 aliphatic rings. The number of rotatable bonds is 13. The van der Waals surface area contributed by atoms with Gasteiger partial charge in [0.25, 0.3) is 0 Å². The van der Waals surface area contributed by atoms with E-state index >= 15 is 0 Å². The lowest BCUT2D eigenvalue weighted by Gasteiger charge is -2.20. The second-order valence-electron chi connectivity index (χ2n) is 10.8. The van der Waals surface area contributed by atoms with E-state index in [-0.39, 0.29) is 11.8 Å². The number of carboxylic acids is 1. The van der Waals surface area contributed by atoms with Crippen LogP contribution in [0.3, 0.4) is 0 Å². The number of carbonyl (C=O) groups is 1. The highest BCUT2D eigenvalue weighted by Crippen LogP contribution is 2.25. The molecule has 0 bridgehead atoms. The molecule has 212 valence electrons. The first-order valence-corrected chi connectivity index (χ1v) is 13.6. The molecule has 1 unspecified atom stereocenters. The Labute approximate surface area is 242 Å². The third-order valence-electron chi connectivity index (χ3n) is 6.61. The maximum absolute atomic E-state index is 11.8. The Morgan fingerprint density at radius 1 is 0.805 bits per heavy atom. The zero-order chi connectivity index (χ0) is 29.2. The minimum Gasteiger partial charge on any atom is -0.491 e. The molecule has 2 N–H and O–H groups in total. The van der Waals surface area contributed by atoms with Gasteiger partial charge >= 0.3 is 5.97 Å². The molecule has 0 saturated heterocycles. The van der Waals surface area contributed by atoms with Gasteiger partial charge in [0.2, 0.25) is 0 Å². The first kappa shape index (κ1) is 29.4. The monoisotopic (exact) mass is 551 g/mol. The lowest BCUT2D eigenvalue weighted by Crippen LogP contribution is -2.29. The van der Waals surface area contributed by atoms with E-state index in [0.29, 0.717) is 30.4 Å². The molecular formula is C35H37NO5. The lowest BCUT2D eigenvalue weighted by molar-refractivity contribution is -0.145. The number of hydrogen-bond acceptors (Lipinski definition) is 5. The highest BCUT2D eigenvalue weighted by molar-refractivity contribution is 5.73. The van der Waals surface area contributed by atoms with Gasteiger partial charge in [0, 0.05) is 6.42 Å². The van der Waals surface area contributed by atoms with Crippen molar-refractivity contribution in [3.05, 3.63) is 126 Å². The van der Waals surface area contributed by atoms with Crippen molar-refractivity contribution in [1.82, 2.24) is 5.48 Å². The molecule has 0 amide bonds. The van der Waals surface area contributed by atoms with Gasteiger partial charge in [-0.25, -0.2) is 4.79 Å². The Morgan fingerprint density at radius 2 is 1.41 bits per heavy atom. The summed E-state index contributed by atoms with van der Waals surface area (Å²) in [6.07, 6.45) is -0.762. The third-order valence-corrected chi connectivity index (χ3v) is 6.61. The molecule has 41 heavy (non-hydrogen) atoms. The molecule has 4 aromatic rings. The zero-order valence-corrected chi connectivity index (χ0v) is 23.8. The Bertz CT molecular complexity index is 1410. The molecule has 0 heterocycles. The van der Waals surface area contributed by atoms with Crippen LogP contribution in [0.5, 0.6) is 11.5 Å². The minimum absolute atomic E-state index is 0.0156. The molecule has 6 heteroatoms. The fourth-order valence-electron chi connectivity index (χ4n) is 4.21. The molecule has 0 spiro atoms. The van der Waals surface area contributed by atoms with Crippen molar-refractivity contribution in [1.29, 1.82) is 0 Å². The van der Waals surface area contributed by atoms with Crippen LogP contribution in [0.1, 0.15) is 37.5 Å². The molecule has 4 aromatic carbocycles. The maximum atomic E-state index is 11.8. The maximum Gasteiger partial charge on any atom is 0.345 e. The third kappa shape index (κ3) is 8.72. The first-order chi connectivity index (χ1) is 19.7. The van der Waals surface area contributed by atoms with Crippen molar-refractivity contribution >= 4 is 11.7 Å². The number of carboxylic acid groups (broad SMARTS) is 1. The summed E-state index contributed by atoms with van der Waals surface area (Å²) in [5, 5.41) is 9.70. The van der Waals surface area contributed by atoms with Gasteiger partial charge in [-0.1, -0.05) is 106 Å². The van der Waals surface area contributed by atoms with Crippen LogP contribution in [0.4, 0.5) is 0 Å². The molecule has 0 radical (unpaired) electrons. The lowest BCUT2D eigenvalue weighted by atomic mass is 9.87. The van der Waals surface area contributed by atoms with E-state index < -0.39 is 12.1 Å². The first-order valence-electron chi connectivity index (χ1n) is 13.6. The summed E-state index contributed by atoms with van der Waals surface area (Å²) in [6.45, 7) is 11.1. The van der Waals surface area contributed by atoms with Crippen molar-refractivity contribution in [2.45, 2.75) is 38.7 Å². The average Bonchev–Trinajstić information content (AvgIpc) is 2.97. The molecule has 0 saturated carbocycles. The standard InChI is InChI=1S/C35H37NO5/c1-25(27-12-14-29(15-13-27)28-8-6-5-7-9-28)36-40-23-22-39-31-18-10-26(11-19-31)24-33(34(37)38)41-32-20-16-30(17-21-32)35(2,3)4/h5-21,33,36H,1,22-24H2,2-4H3,(H,37,38). The molecular weight excluding hydrogens is 514 g/mol. The van der Waals surface area contributed by atoms with Gasteiger partial charge in [-0.05, 0) is 57.5 Å². The second kappa shape index (κ2) is 13.7. The van der Waals surface area contributed by atoms with E-state index in [9.17, 15) is 9.90 Å². The van der Waals surface area contributed by atoms with Gasteiger partial charge < -0.3 is 14.6 Å². The van der Waals surface area contributed by atoms with Crippen LogP contribution >= 0.6 is 0 Å². The van der Waals surface area contributed by atoms with Crippen LogP contribution in [0.2, 0.25) is 0 Å². The van der Waals surface area contributed by atoms with Crippen LogP contribution in [-0.2, 0) is 21.5 Å². The topological polar surface area (TPSA) is 77.0 Å². The zero-order valence-electron chi connectivity index (χ0n) is 23.8. The predicted octanol–water partition coefficient (Wildman–Crippen LogP) is 7.30. The number of hydrogen-bond donors (Lipinski definition) is 2. The molecule has 1 atom stereocenters. The summed E-state index contributed by atoms with van der Waals surface area (Å²) in [4.78, 5) is 17.4. The summed E-state index contributed by atoms with van der Waals surface area (Å²) in [6, 6.07) is 33.2. The van der Waals surface area contributed by atoms with Crippen LogP contribution in [-0.4, -0.2) is 30.4 Å². The molecule has 6 nitrogen and oxygen atoms in total. The summed E-state index contributed by atoms with van der Waals surface area (Å²) in [5.41, 5.74) is 8.78. The molecule has 0 aliphatic carbocycles. The number of benzene rings is 4. The number of aliphatic carboxylic acids is 1. The van der Waals surface area contributed by atoms with Gasteiger partial charge in [-0.2, -0.15) is 0 Å². The summed E-state index contributed by atoms with van der Waals surface area (Å²) < 4.78 is 11.5. The van der Waals surface area contributed by atoms with Crippen LogP contribution in [0.25, 0.3) is 16.8 Å². The summed E-state index contributed by atoms with van der Waals surface area (Å²) in [5.74, 6) is 0.188. The smallest absolute Gasteiger partial charge is 0.345 e. The van der Waals surface area contributed by atoms with Gasteiger partial charge in [-0.15, -0.1) is 0 Å². The number of ether oxygens (including phenoxy) is 2. The second-order valence-corrected chi connectivity index (χ2v) is 10.8. The average molecular weight is 552 g/mol. The van der Waals surface area contributed by atoms with Crippen molar-refractivity contribution in [2.24, 2.45) is 0 Å². The Kier molecular flexibility index (Phi) is 9.82. The predicted molar refractivity (Wildman–Crippen MR) is 163 cm³/mol. The SMILES string of the molecule is C=C(NOCCOc1ccc(CC(Oc2ccc(C(C)(C)C)cc2)C(=O)O)cc1)c1ccc(-c2ccccc2)cc1. The normalized spacial score (nSPS) is 11.9. The summed E-state index contributed by atoms with van der Waals surface area (Å²) >= 11 is 0. The van der Waals surface area contributed by atoms with E-state index in [1.54, 1.807) is 0 Å². The van der Waals surface area contributed by atoms with Crippen molar-refractivity contribution in [3.63, 3.8) is 0 Å². The largest absolute Gasteiger partial charge is 0.491 e. The van der Waals surface area contributed by atoms with E-state index in [1.807, 2.05) is 78.9 Å². The molecule has 0 fully saturated rings. The van der Waals surface area contributed by atoms with Crippen molar-refractivity contribution in [3.8, 4) is 22.6 Å². The highest BCUT2D eigenvalue weighted by atomic mass is 16.7. The van der Waals surface area contributed by atoms with Crippen LogP contribution < -0.4 is 15.0 Å². The number of nitrogens with one attached hydrogen (secondary N) is 1. The van der Waals surface area contributed by atoms with Gasteiger partial charge in [0.1, 0.15) is 24.7 Å². The molecule has 4 rings (SSSR count). The van der Waals surface area contributed by atoms with Gasteiger partial charge in [0.05, 0.1) is 5.70 Å². The minimum atomic E-state index is -1.01. The molecule has 0 aliphatic heterocycles. The fourth-order valence-corrected chi connectivity index (χ4v) is 4.21. The van der Waals surface area contributed by atoms with E-state index in [0.717, 1.165) is 27.8 Å². The molecule has 0 aromatic heterocycles. The highest BCUT2D eigenvalue weighted by Gasteiger charge is 2.21. The van der Waals surface area contributed by atoms with Crippen LogP contribution in [0.15, 0.2) is 110 Å². The van der Waals surface area contributed by atoms with Gasteiger partial charge in [0.15, 0.2) is 6.10 Å². The number of hydroxylamine groups is 1. The Morgan fingerprint density at radius 3 is 2.02 bits per heavy atom. The van der Waals surface area contributed by atoms with Crippen molar-refractivity contribution in [2.75, 3.05) is 13.2 Å². The quantitative estimate of drug-likeness (QED) is 0.134. The van der Waals surface area contributed by atoms with E-state index in [2.05, 4.69) is 57.1 Å². The van der Waals surface area contributed by atoms with Crippen LogP contribution in [0, 0.1) is 0 Å². The van der Waals surface area contributed by atoms with E-state index in [4.69, 9.17) is 14.3 Å². The van der Waals surface area contributed by atoms with E-state index in [1.165, 1.54) is 0 Å². The van der Waals surface area contributed by atoms with Gasteiger partial charge in [-0.3, -0.25) is 10.3 Å².